The number of hydrogen-bond donors (Lipinski definition) is 3. The number of amides is 1. The minimum Gasteiger partial charge on any atom is -0.466 e. The third kappa shape index (κ3) is 57.7. The molecule has 0 radical (unpaired) electrons. The lowest BCUT2D eigenvalue weighted by atomic mass is 10.0. The Hall–Kier alpha value is -1.40. The molecule has 0 bridgehead atoms. The van der Waals surface area contributed by atoms with Crippen molar-refractivity contribution in [3.05, 3.63) is 12.2 Å². The van der Waals surface area contributed by atoms with Crippen molar-refractivity contribution in [2.75, 3.05) is 13.2 Å². The molecule has 0 heterocycles. The standard InChI is InChI=1S/C65H127NO5/c1-3-5-7-9-11-13-15-17-31-34-37-41-45-49-53-57-63(68)62(61-67)66-64(69)58-54-50-46-42-38-35-32-29-27-25-23-21-19-18-20-22-24-26-28-30-33-36-40-44-48-52-56-60-71-65(70)59-55-51-47-43-39-16-14-12-10-8-6-4-2/h12,14,62-63,67-68H,3-11,13,15-61H2,1-2H3,(H,66,69)/b14-12-. The monoisotopic (exact) mass is 1000 g/mol. The molecule has 0 spiro atoms. The summed E-state index contributed by atoms with van der Waals surface area (Å²) in [4.78, 5) is 24.5. The molecule has 0 aliphatic rings. The topological polar surface area (TPSA) is 95.9 Å². The summed E-state index contributed by atoms with van der Waals surface area (Å²) in [6.07, 6.45) is 73.8. The number of aliphatic hydroxyl groups excluding tert-OH is 2. The second kappa shape index (κ2) is 61.1. The lowest BCUT2D eigenvalue weighted by molar-refractivity contribution is -0.143. The van der Waals surface area contributed by atoms with Gasteiger partial charge in [-0.25, -0.2) is 0 Å². The predicted octanol–water partition coefficient (Wildman–Crippen LogP) is 20.4. The summed E-state index contributed by atoms with van der Waals surface area (Å²) in [5.41, 5.74) is 0. The number of nitrogens with one attached hydrogen (secondary N) is 1. The highest BCUT2D eigenvalue weighted by Gasteiger charge is 2.20. The zero-order valence-corrected chi connectivity index (χ0v) is 48.2. The maximum Gasteiger partial charge on any atom is 0.305 e. The predicted molar refractivity (Wildman–Crippen MR) is 310 cm³/mol. The van der Waals surface area contributed by atoms with E-state index in [1.807, 2.05) is 0 Å². The molecule has 0 aromatic heterocycles. The van der Waals surface area contributed by atoms with Gasteiger partial charge in [0, 0.05) is 12.8 Å². The van der Waals surface area contributed by atoms with Crippen molar-refractivity contribution in [3.8, 4) is 0 Å². The van der Waals surface area contributed by atoms with Crippen LogP contribution < -0.4 is 5.32 Å². The van der Waals surface area contributed by atoms with Gasteiger partial charge in [-0.15, -0.1) is 0 Å². The van der Waals surface area contributed by atoms with Crippen molar-refractivity contribution in [2.24, 2.45) is 0 Å². The number of hydrogen-bond acceptors (Lipinski definition) is 5. The Bertz CT molecular complexity index is 1060. The summed E-state index contributed by atoms with van der Waals surface area (Å²) in [5, 5.41) is 23.3. The van der Waals surface area contributed by atoms with Crippen LogP contribution in [0.25, 0.3) is 0 Å². The molecule has 0 saturated carbocycles. The fourth-order valence-electron chi connectivity index (χ4n) is 10.3. The van der Waals surface area contributed by atoms with E-state index >= 15 is 0 Å². The van der Waals surface area contributed by atoms with Gasteiger partial charge in [0.1, 0.15) is 0 Å². The number of unbranched alkanes of at least 4 members (excludes halogenated alkanes) is 48. The molecule has 0 aromatic rings. The zero-order valence-electron chi connectivity index (χ0n) is 48.2. The van der Waals surface area contributed by atoms with Gasteiger partial charge in [-0.3, -0.25) is 9.59 Å². The number of rotatable bonds is 61. The average molecular weight is 1000 g/mol. The number of ether oxygens (including phenoxy) is 1. The first-order valence-corrected chi connectivity index (χ1v) is 32.4. The molecule has 2 unspecified atom stereocenters. The van der Waals surface area contributed by atoms with Crippen LogP contribution in [0.15, 0.2) is 12.2 Å². The maximum absolute atomic E-state index is 12.5. The average Bonchev–Trinajstić information content (AvgIpc) is 3.37. The third-order valence-corrected chi connectivity index (χ3v) is 15.3. The summed E-state index contributed by atoms with van der Waals surface area (Å²) < 4.78 is 5.47. The largest absolute Gasteiger partial charge is 0.466 e. The van der Waals surface area contributed by atoms with E-state index in [0.29, 0.717) is 25.9 Å². The van der Waals surface area contributed by atoms with Gasteiger partial charge >= 0.3 is 5.97 Å². The van der Waals surface area contributed by atoms with Gasteiger partial charge in [-0.05, 0) is 51.4 Å². The van der Waals surface area contributed by atoms with E-state index in [1.54, 1.807) is 0 Å². The Balaban J connectivity index is 3.34. The van der Waals surface area contributed by atoms with Gasteiger partial charge in [0.15, 0.2) is 0 Å². The lowest BCUT2D eigenvalue weighted by Crippen LogP contribution is -2.45. The van der Waals surface area contributed by atoms with Crippen LogP contribution in [-0.2, 0) is 14.3 Å². The minimum absolute atomic E-state index is 0.00856. The molecule has 0 saturated heterocycles. The van der Waals surface area contributed by atoms with Gasteiger partial charge in [-0.2, -0.15) is 0 Å². The summed E-state index contributed by atoms with van der Waals surface area (Å²) in [6, 6.07) is -0.538. The highest BCUT2D eigenvalue weighted by Crippen LogP contribution is 2.19. The Labute approximate surface area is 444 Å². The van der Waals surface area contributed by atoms with Crippen molar-refractivity contribution in [1.29, 1.82) is 0 Å². The van der Waals surface area contributed by atoms with Crippen LogP contribution in [0, 0.1) is 0 Å². The molecular formula is C65H127NO5. The van der Waals surface area contributed by atoms with E-state index in [0.717, 1.165) is 44.9 Å². The maximum atomic E-state index is 12.5. The van der Waals surface area contributed by atoms with E-state index in [-0.39, 0.29) is 18.5 Å². The zero-order chi connectivity index (χ0) is 51.4. The molecule has 422 valence electrons. The lowest BCUT2D eigenvalue weighted by Gasteiger charge is -2.22. The van der Waals surface area contributed by atoms with Crippen molar-refractivity contribution >= 4 is 11.9 Å². The van der Waals surface area contributed by atoms with Crippen LogP contribution in [0.1, 0.15) is 367 Å². The Morgan fingerprint density at radius 2 is 0.662 bits per heavy atom. The Morgan fingerprint density at radius 3 is 1.03 bits per heavy atom. The molecule has 6 nitrogen and oxygen atoms in total. The summed E-state index contributed by atoms with van der Waals surface area (Å²) in [6.45, 7) is 4.96. The van der Waals surface area contributed by atoms with Gasteiger partial charge in [0.2, 0.25) is 5.91 Å². The molecule has 3 N–H and O–H groups in total. The highest BCUT2D eigenvalue weighted by atomic mass is 16.5. The molecule has 71 heavy (non-hydrogen) atoms. The molecule has 0 aliphatic carbocycles. The summed E-state index contributed by atoms with van der Waals surface area (Å²) in [7, 11) is 0. The van der Waals surface area contributed by atoms with E-state index < -0.39 is 12.1 Å². The number of allylic oxidation sites excluding steroid dienone is 2. The fourth-order valence-corrected chi connectivity index (χ4v) is 10.3. The number of carbonyl (C=O) groups is 2. The number of esters is 1. The van der Waals surface area contributed by atoms with Gasteiger partial charge in [-0.1, -0.05) is 315 Å². The van der Waals surface area contributed by atoms with Crippen molar-refractivity contribution in [2.45, 2.75) is 379 Å². The van der Waals surface area contributed by atoms with Crippen LogP contribution in [-0.4, -0.2) is 47.4 Å². The number of aliphatic hydroxyl groups is 2. The molecule has 0 rings (SSSR count). The number of carbonyl (C=O) groups excluding carboxylic acids is 2. The molecular weight excluding hydrogens is 875 g/mol. The first kappa shape index (κ1) is 69.6. The molecule has 2 atom stereocenters. The first-order chi connectivity index (χ1) is 35.0. The van der Waals surface area contributed by atoms with Crippen LogP contribution in [0.5, 0.6) is 0 Å². The van der Waals surface area contributed by atoms with E-state index in [1.165, 1.54) is 289 Å². The summed E-state index contributed by atoms with van der Waals surface area (Å²) in [5.74, 6) is -0.0209. The molecule has 0 aromatic carbocycles. The molecule has 0 aliphatic heterocycles. The Morgan fingerprint density at radius 1 is 0.380 bits per heavy atom. The third-order valence-electron chi connectivity index (χ3n) is 15.3. The normalized spacial score (nSPS) is 12.6. The van der Waals surface area contributed by atoms with E-state index in [9.17, 15) is 19.8 Å². The second-order valence-electron chi connectivity index (χ2n) is 22.5. The Kier molecular flexibility index (Phi) is 59.9. The van der Waals surface area contributed by atoms with Crippen LogP contribution in [0.2, 0.25) is 0 Å². The van der Waals surface area contributed by atoms with Gasteiger partial charge < -0.3 is 20.3 Å². The molecule has 1 amide bonds. The van der Waals surface area contributed by atoms with Gasteiger partial charge in [0.05, 0.1) is 25.4 Å². The SMILES string of the molecule is CCCCC/C=C\CCCCCCCC(=O)OCCCCCCCCCCCCCCCCCCCCCCCCCCCCCC(=O)NC(CO)C(O)CCCCCCCCCCCCCCCCC. The minimum atomic E-state index is -0.661. The van der Waals surface area contributed by atoms with Crippen molar-refractivity contribution < 1.29 is 24.5 Å². The van der Waals surface area contributed by atoms with Crippen molar-refractivity contribution in [1.82, 2.24) is 5.32 Å². The second-order valence-corrected chi connectivity index (χ2v) is 22.5. The summed E-state index contributed by atoms with van der Waals surface area (Å²) >= 11 is 0. The first-order valence-electron chi connectivity index (χ1n) is 32.4. The smallest absolute Gasteiger partial charge is 0.305 e. The highest BCUT2D eigenvalue weighted by molar-refractivity contribution is 5.76. The van der Waals surface area contributed by atoms with Crippen molar-refractivity contribution in [3.63, 3.8) is 0 Å². The van der Waals surface area contributed by atoms with Gasteiger partial charge in [0.25, 0.3) is 0 Å². The van der Waals surface area contributed by atoms with Crippen LogP contribution in [0.4, 0.5) is 0 Å². The molecule has 6 heteroatoms. The van der Waals surface area contributed by atoms with Crippen LogP contribution in [0.3, 0.4) is 0 Å². The van der Waals surface area contributed by atoms with E-state index in [4.69, 9.17) is 4.74 Å². The molecule has 0 fully saturated rings. The quantitative estimate of drug-likeness (QED) is 0.0320. The van der Waals surface area contributed by atoms with E-state index in [2.05, 4.69) is 31.3 Å². The fraction of sp³-hybridized carbons (Fsp3) is 0.938. The van der Waals surface area contributed by atoms with Crippen LogP contribution >= 0.6 is 0 Å².